The highest BCUT2D eigenvalue weighted by Crippen LogP contribution is 2.40. The van der Waals surface area contributed by atoms with Gasteiger partial charge in [0.2, 0.25) is 18.6 Å². The van der Waals surface area contributed by atoms with E-state index in [9.17, 15) is 24.3 Å². The van der Waals surface area contributed by atoms with Gasteiger partial charge >= 0.3 is 5.97 Å². The molecular weight excluding hydrogens is 623 g/mol. The van der Waals surface area contributed by atoms with E-state index in [2.05, 4.69) is 15.6 Å². The summed E-state index contributed by atoms with van der Waals surface area (Å²) >= 11 is 12.1. The lowest BCUT2D eigenvalue weighted by atomic mass is 9.74. The monoisotopic (exact) mass is 652 g/mol. The smallest absolute Gasteiger partial charge is 0.326 e. The zero-order chi connectivity index (χ0) is 31.7. The molecule has 2 bridgehead atoms. The van der Waals surface area contributed by atoms with Gasteiger partial charge in [0, 0.05) is 30.5 Å². The van der Waals surface area contributed by atoms with E-state index in [-0.39, 0.29) is 53.1 Å². The number of aliphatic carboxylic acids is 1. The molecule has 2 atom stereocenters. The van der Waals surface area contributed by atoms with Crippen molar-refractivity contribution in [3.05, 3.63) is 81.6 Å². The number of carbonyl (C=O) groups excluding carboxylic acids is 3. The largest absolute Gasteiger partial charge is 0.480 e. The van der Waals surface area contributed by atoms with Crippen molar-refractivity contribution in [2.75, 3.05) is 12.1 Å². The molecule has 3 fully saturated rings. The first-order valence-electron chi connectivity index (χ1n) is 14.6. The van der Waals surface area contributed by atoms with Crippen LogP contribution >= 0.6 is 23.2 Å². The summed E-state index contributed by atoms with van der Waals surface area (Å²) in [6.45, 7) is 0.132. The molecule has 4 aliphatic rings. The van der Waals surface area contributed by atoms with E-state index in [1.54, 1.807) is 41.3 Å². The molecule has 3 amide bonds. The highest BCUT2D eigenvalue weighted by atomic mass is 35.5. The number of hydrogen-bond donors (Lipinski definition) is 3. The molecule has 1 unspecified atom stereocenters. The second-order valence-electron chi connectivity index (χ2n) is 11.4. The van der Waals surface area contributed by atoms with Gasteiger partial charge in [0.1, 0.15) is 12.1 Å². The zero-order valence-electron chi connectivity index (χ0n) is 24.0. The minimum Gasteiger partial charge on any atom is -0.480 e. The van der Waals surface area contributed by atoms with E-state index in [1.165, 1.54) is 12.4 Å². The average molecular weight is 654 g/mol. The van der Waals surface area contributed by atoms with Crippen molar-refractivity contribution in [3.8, 4) is 11.5 Å². The van der Waals surface area contributed by atoms with Gasteiger partial charge in [0.05, 0.1) is 22.0 Å². The number of halogens is 2. The number of piperidine rings is 2. The summed E-state index contributed by atoms with van der Waals surface area (Å²) < 4.78 is 10.8. The van der Waals surface area contributed by atoms with Gasteiger partial charge in [-0.05, 0) is 67.0 Å². The normalized spacial score (nSPS) is 20.4. The molecule has 2 aromatic carbocycles. The van der Waals surface area contributed by atoms with Crippen molar-refractivity contribution < 1.29 is 33.8 Å². The number of nitrogens with zero attached hydrogens (tertiary/aromatic N) is 2. The molecule has 4 heterocycles. The van der Waals surface area contributed by atoms with Crippen LogP contribution in [0.3, 0.4) is 0 Å². The summed E-state index contributed by atoms with van der Waals surface area (Å²) in [5.41, 5.74) is 1.91. The van der Waals surface area contributed by atoms with Gasteiger partial charge < -0.3 is 30.1 Å². The van der Waals surface area contributed by atoms with Gasteiger partial charge in [-0.2, -0.15) is 0 Å². The zero-order valence-corrected chi connectivity index (χ0v) is 25.5. The Labute approximate surface area is 268 Å². The fraction of sp³-hybridized carbons (Fsp3) is 0.344. The first kappa shape index (κ1) is 30.7. The van der Waals surface area contributed by atoms with E-state index >= 15 is 0 Å². The number of ether oxygens (including phenoxy) is 2. The summed E-state index contributed by atoms with van der Waals surface area (Å²) in [5.74, 6) is -1.20. The number of anilines is 1. The van der Waals surface area contributed by atoms with Crippen molar-refractivity contribution >= 4 is 52.6 Å². The van der Waals surface area contributed by atoms with Gasteiger partial charge in [0.15, 0.2) is 11.5 Å². The molecule has 13 heteroatoms. The lowest BCUT2D eigenvalue weighted by Crippen LogP contribution is -2.64. The Balaban J connectivity index is 1.12. The Morgan fingerprint density at radius 2 is 1.60 bits per heavy atom. The average Bonchev–Trinajstić information content (AvgIpc) is 3.49. The minimum atomic E-state index is -1.22. The molecule has 2 saturated heterocycles. The molecule has 1 aromatic heterocycles. The summed E-state index contributed by atoms with van der Waals surface area (Å²) in [6.07, 6.45) is 5.96. The number of aromatic nitrogens is 1. The number of nitrogens with one attached hydrogen (secondary N) is 2. The number of hydrogen-bond acceptors (Lipinski definition) is 7. The van der Waals surface area contributed by atoms with E-state index in [0.29, 0.717) is 22.7 Å². The Hall–Kier alpha value is -4.35. The fourth-order valence-electron chi connectivity index (χ4n) is 6.40. The third-order valence-corrected chi connectivity index (χ3v) is 9.15. The van der Waals surface area contributed by atoms with Gasteiger partial charge in [-0.3, -0.25) is 19.4 Å². The van der Waals surface area contributed by atoms with Crippen LogP contribution in [0.15, 0.2) is 54.9 Å². The first-order valence-corrected chi connectivity index (χ1v) is 15.4. The van der Waals surface area contributed by atoms with Gasteiger partial charge in [-0.15, -0.1) is 0 Å². The topological polar surface area (TPSA) is 147 Å². The third-order valence-electron chi connectivity index (χ3n) is 8.58. The number of amides is 3. The Morgan fingerprint density at radius 1 is 0.933 bits per heavy atom. The number of rotatable bonds is 9. The SMILES string of the molecule is O=C(Nc1ccc(C[C@H](NC(=O)C2C3CCC(CC3)N2C(=O)Cc2ccc3c(c2)OCO3)C(=O)O)cc1)c1c(Cl)cncc1Cl. The fourth-order valence-corrected chi connectivity index (χ4v) is 6.94. The van der Waals surface area contributed by atoms with Crippen LogP contribution in [0.25, 0.3) is 0 Å². The Bertz CT molecular complexity index is 1620. The van der Waals surface area contributed by atoms with Crippen LogP contribution in [0.1, 0.15) is 47.2 Å². The summed E-state index contributed by atoms with van der Waals surface area (Å²) in [5, 5.41) is 15.6. The lowest BCUT2D eigenvalue weighted by Gasteiger charge is -2.50. The Kier molecular flexibility index (Phi) is 8.82. The van der Waals surface area contributed by atoms with Crippen molar-refractivity contribution in [2.45, 2.75) is 56.7 Å². The summed E-state index contributed by atoms with van der Waals surface area (Å²) in [4.78, 5) is 57.8. The van der Waals surface area contributed by atoms with Crippen LogP contribution in [0.2, 0.25) is 10.0 Å². The molecular formula is C32H30Cl2N4O7. The van der Waals surface area contributed by atoms with Crippen molar-refractivity contribution in [1.82, 2.24) is 15.2 Å². The van der Waals surface area contributed by atoms with Crippen LogP contribution in [0.5, 0.6) is 11.5 Å². The van der Waals surface area contributed by atoms with E-state index < -0.39 is 29.9 Å². The number of carboxylic acid groups (broad SMARTS) is 1. The standard InChI is InChI=1S/C32H30Cl2N4O7/c33-22-14-35-15-23(34)28(22)30(40)36-20-6-1-17(2-7-20)11-24(32(42)43)37-31(41)29-19-4-8-21(9-5-19)38(29)27(39)13-18-3-10-25-26(12-18)45-16-44-25/h1-3,6-7,10,12,14-15,19,21,24,29H,4-5,8-9,11,13,16H2,(H,36,40)(H,37,41)(H,42,43)/t19?,21?,24-,29?/m0/s1. The molecule has 1 saturated carbocycles. The molecule has 3 aliphatic heterocycles. The van der Waals surface area contributed by atoms with E-state index in [1.807, 2.05) is 6.07 Å². The molecule has 1 aliphatic carbocycles. The maximum absolute atomic E-state index is 13.7. The molecule has 234 valence electrons. The number of fused-ring (bicyclic) bond motifs is 4. The third kappa shape index (κ3) is 6.55. The van der Waals surface area contributed by atoms with Crippen molar-refractivity contribution in [3.63, 3.8) is 0 Å². The van der Waals surface area contributed by atoms with Crippen LogP contribution < -0.4 is 20.1 Å². The second-order valence-corrected chi connectivity index (χ2v) is 12.2. The molecule has 45 heavy (non-hydrogen) atoms. The molecule has 7 rings (SSSR count). The second kappa shape index (κ2) is 12.9. The van der Waals surface area contributed by atoms with Crippen molar-refractivity contribution in [2.24, 2.45) is 5.92 Å². The first-order chi connectivity index (χ1) is 21.7. The number of carboxylic acids is 1. The highest BCUT2D eigenvalue weighted by Gasteiger charge is 2.48. The Morgan fingerprint density at radius 3 is 2.29 bits per heavy atom. The molecule has 0 spiro atoms. The predicted molar refractivity (Wildman–Crippen MR) is 165 cm³/mol. The molecule has 0 radical (unpaired) electrons. The van der Waals surface area contributed by atoms with Crippen molar-refractivity contribution in [1.29, 1.82) is 0 Å². The quantitative estimate of drug-likeness (QED) is 0.306. The molecule has 11 nitrogen and oxygen atoms in total. The molecule has 3 N–H and O–H groups in total. The number of benzene rings is 2. The summed E-state index contributed by atoms with van der Waals surface area (Å²) in [6, 6.07) is 9.87. The lowest BCUT2D eigenvalue weighted by molar-refractivity contribution is -0.154. The van der Waals surface area contributed by atoms with Crippen LogP contribution in [-0.4, -0.2) is 63.6 Å². The minimum absolute atomic E-state index is 0.00324. The number of carbonyl (C=O) groups is 4. The summed E-state index contributed by atoms with van der Waals surface area (Å²) in [7, 11) is 0. The van der Waals surface area contributed by atoms with Gasteiger partial charge in [-0.25, -0.2) is 4.79 Å². The number of pyridine rings is 1. The predicted octanol–water partition coefficient (Wildman–Crippen LogP) is 4.49. The van der Waals surface area contributed by atoms with Gasteiger partial charge in [-0.1, -0.05) is 41.4 Å². The molecule has 3 aromatic rings. The van der Waals surface area contributed by atoms with Crippen LogP contribution in [0, 0.1) is 5.92 Å². The van der Waals surface area contributed by atoms with Crippen LogP contribution in [-0.2, 0) is 27.2 Å². The van der Waals surface area contributed by atoms with E-state index in [4.69, 9.17) is 32.7 Å². The highest BCUT2D eigenvalue weighted by molar-refractivity contribution is 6.40. The van der Waals surface area contributed by atoms with Gasteiger partial charge in [0.25, 0.3) is 5.91 Å². The van der Waals surface area contributed by atoms with Crippen LogP contribution in [0.4, 0.5) is 5.69 Å². The van der Waals surface area contributed by atoms with E-state index in [0.717, 1.165) is 31.2 Å². The maximum Gasteiger partial charge on any atom is 0.326 e. The maximum atomic E-state index is 13.7.